The molecule has 12 heteroatoms. The molecule has 0 aliphatic carbocycles. The third-order valence-corrected chi connectivity index (χ3v) is 5.90. The standard InChI is InChI=1S/C21H26N6O6/c1-25(21(31)27-11-22-17-18(27)23-20(30)24-19(17)29)15(10-26-7-6-12(28)9-26)14-5-4-13(32-2)8-16(14)33-3/h4-5,8,11-12,15,28H,6-7,9-10H2,1-3H3,(H2,23,24,29,30)/t12-,15+/m0/s1. The number of rotatable bonds is 6. The van der Waals surface area contributed by atoms with Crippen molar-refractivity contribution in [2.45, 2.75) is 18.6 Å². The largest absolute Gasteiger partial charge is 0.497 e. The van der Waals surface area contributed by atoms with Gasteiger partial charge in [0.15, 0.2) is 11.2 Å². The first-order valence-electron chi connectivity index (χ1n) is 10.4. The Morgan fingerprint density at radius 2 is 2.09 bits per heavy atom. The highest BCUT2D eigenvalue weighted by molar-refractivity contribution is 5.86. The first-order valence-corrected chi connectivity index (χ1v) is 10.4. The van der Waals surface area contributed by atoms with Crippen molar-refractivity contribution >= 4 is 17.2 Å². The van der Waals surface area contributed by atoms with Crippen LogP contribution in [0.4, 0.5) is 4.79 Å². The minimum absolute atomic E-state index is 0.0117. The number of nitrogens with one attached hydrogen (secondary N) is 2. The summed E-state index contributed by atoms with van der Waals surface area (Å²) in [6, 6.07) is 4.38. The van der Waals surface area contributed by atoms with Gasteiger partial charge in [0, 0.05) is 38.3 Å². The molecule has 1 amide bonds. The molecular formula is C21H26N6O6. The predicted octanol–water partition coefficient (Wildman–Crippen LogP) is 0.138. The van der Waals surface area contributed by atoms with Crippen LogP contribution in [0.3, 0.4) is 0 Å². The van der Waals surface area contributed by atoms with Gasteiger partial charge in [-0.25, -0.2) is 19.1 Å². The van der Waals surface area contributed by atoms with Crippen molar-refractivity contribution in [3.05, 3.63) is 50.9 Å². The summed E-state index contributed by atoms with van der Waals surface area (Å²) >= 11 is 0. The lowest BCUT2D eigenvalue weighted by Gasteiger charge is -2.33. The fraction of sp³-hybridized carbons (Fsp3) is 0.429. The number of aliphatic hydroxyl groups is 1. The van der Waals surface area contributed by atoms with E-state index in [1.165, 1.54) is 18.3 Å². The summed E-state index contributed by atoms with van der Waals surface area (Å²) in [5.41, 5.74) is -0.701. The average Bonchev–Trinajstić information content (AvgIpc) is 3.42. The van der Waals surface area contributed by atoms with E-state index in [1.54, 1.807) is 26.3 Å². The van der Waals surface area contributed by atoms with E-state index < -0.39 is 29.4 Å². The number of fused-ring (bicyclic) bond motifs is 1. The molecule has 33 heavy (non-hydrogen) atoms. The number of likely N-dealkylation sites (N-methyl/N-ethyl adjacent to an activating group) is 1. The second kappa shape index (κ2) is 9.08. The van der Waals surface area contributed by atoms with Gasteiger partial charge in [0.25, 0.3) is 5.56 Å². The van der Waals surface area contributed by atoms with Gasteiger partial charge >= 0.3 is 11.7 Å². The van der Waals surface area contributed by atoms with Crippen molar-refractivity contribution in [2.75, 3.05) is 40.9 Å². The summed E-state index contributed by atoms with van der Waals surface area (Å²) < 4.78 is 12.0. The number of carbonyl (C=O) groups is 1. The lowest BCUT2D eigenvalue weighted by molar-refractivity contribution is 0.150. The second-order valence-electron chi connectivity index (χ2n) is 7.94. The van der Waals surface area contributed by atoms with E-state index in [9.17, 15) is 19.5 Å². The van der Waals surface area contributed by atoms with Crippen LogP contribution in [0.15, 0.2) is 34.1 Å². The number of aliphatic hydroxyl groups excluding tert-OH is 1. The van der Waals surface area contributed by atoms with Gasteiger partial charge in [0.2, 0.25) is 0 Å². The first kappa shape index (κ1) is 22.6. The number of amides is 1. The Morgan fingerprint density at radius 1 is 1.30 bits per heavy atom. The molecule has 176 valence electrons. The Hall–Kier alpha value is -3.64. The number of hydrogen-bond donors (Lipinski definition) is 3. The topological polar surface area (TPSA) is 146 Å². The van der Waals surface area contributed by atoms with Crippen LogP contribution in [0, 0.1) is 0 Å². The maximum Gasteiger partial charge on any atom is 0.331 e. The Morgan fingerprint density at radius 3 is 2.76 bits per heavy atom. The van der Waals surface area contributed by atoms with Crippen molar-refractivity contribution in [2.24, 2.45) is 0 Å². The number of carbonyl (C=O) groups excluding carboxylic acids is 1. The van der Waals surface area contributed by atoms with Crippen molar-refractivity contribution in [3.63, 3.8) is 0 Å². The zero-order valence-corrected chi connectivity index (χ0v) is 18.6. The molecule has 1 aromatic carbocycles. The summed E-state index contributed by atoms with van der Waals surface area (Å²) in [5.74, 6) is 1.15. The van der Waals surface area contributed by atoms with Crippen LogP contribution in [0.1, 0.15) is 18.0 Å². The molecule has 0 radical (unpaired) electrons. The second-order valence-corrected chi connectivity index (χ2v) is 7.94. The SMILES string of the molecule is COc1ccc([C@@H](CN2CC[C@H](O)C2)N(C)C(=O)n2cnc3c(=O)[nH]c(=O)[nH]c32)c(OC)c1. The molecule has 0 saturated carbocycles. The maximum absolute atomic E-state index is 13.5. The molecular weight excluding hydrogens is 432 g/mol. The molecule has 2 atom stereocenters. The summed E-state index contributed by atoms with van der Waals surface area (Å²) in [7, 11) is 4.72. The van der Waals surface area contributed by atoms with Crippen molar-refractivity contribution in [1.29, 1.82) is 0 Å². The number of methoxy groups -OCH3 is 2. The molecule has 3 aromatic rings. The number of likely N-dealkylation sites (tertiary alicyclic amines) is 1. The molecule has 3 heterocycles. The van der Waals surface area contributed by atoms with E-state index in [0.29, 0.717) is 37.6 Å². The number of H-pyrrole nitrogens is 2. The van der Waals surface area contributed by atoms with Gasteiger partial charge in [-0.1, -0.05) is 0 Å². The summed E-state index contributed by atoms with van der Waals surface area (Å²) in [5, 5.41) is 9.98. The van der Waals surface area contributed by atoms with Crippen LogP contribution in [-0.2, 0) is 0 Å². The van der Waals surface area contributed by atoms with Crippen LogP contribution in [0.5, 0.6) is 11.5 Å². The number of aromatic nitrogens is 4. The van der Waals surface area contributed by atoms with Crippen LogP contribution >= 0.6 is 0 Å². The Labute approximate surface area is 188 Å². The van der Waals surface area contributed by atoms with Crippen LogP contribution in [0.25, 0.3) is 11.2 Å². The molecule has 12 nitrogen and oxygen atoms in total. The molecule has 1 fully saturated rings. The highest BCUT2D eigenvalue weighted by atomic mass is 16.5. The van der Waals surface area contributed by atoms with Gasteiger partial charge in [0.05, 0.1) is 26.4 Å². The van der Waals surface area contributed by atoms with Gasteiger partial charge in [-0.2, -0.15) is 0 Å². The fourth-order valence-corrected chi connectivity index (χ4v) is 4.13. The summed E-state index contributed by atoms with van der Waals surface area (Å²) in [6.07, 6.45) is 1.44. The number of ether oxygens (including phenoxy) is 2. The van der Waals surface area contributed by atoms with Gasteiger partial charge in [-0.05, 0) is 18.6 Å². The lowest BCUT2D eigenvalue weighted by Crippen LogP contribution is -2.41. The van der Waals surface area contributed by atoms with E-state index in [-0.39, 0.29) is 11.2 Å². The van der Waals surface area contributed by atoms with E-state index in [0.717, 1.165) is 10.1 Å². The highest BCUT2D eigenvalue weighted by Gasteiger charge is 2.31. The Kier molecular flexibility index (Phi) is 6.20. The van der Waals surface area contributed by atoms with Crippen molar-refractivity contribution in [3.8, 4) is 11.5 Å². The van der Waals surface area contributed by atoms with E-state index in [1.807, 2.05) is 6.07 Å². The zero-order chi connectivity index (χ0) is 23.7. The Balaban J connectivity index is 1.75. The number of β-amino-alcohol motifs (C(OH)–C–C–N with tert-alkyl or cyclic N) is 1. The fourth-order valence-electron chi connectivity index (χ4n) is 4.13. The predicted molar refractivity (Wildman–Crippen MR) is 119 cm³/mol. The van der Waals surface area contributed by atoms with Crippen LogP contribution in [-0.4, -0.2) is 87.5 Å². The molecule has 1 aliphatic rings. The average molecular weight is 458 g/mol. The van der Waals surface area contributed by atoms with E-state index >= 15 is 0 Å². The first-order chi connectivity index (χ1) is 15.8. The summed E-state index contributed by atoms with van der Waals surface area (Å²) in [6.45, 7) is 1.62. The van der Waals surface area contributed by atoms with Crippen molar-refractivity contribution < 1.29 is 19.4 Å². The molecule has 4 rings (SSSR count). The number of hydrogen-bond acceptors (Lipinski definition) is 8. The smallest absolute Gasteiger partial charge is 0.331 e. The number of aromatic amines is 2. The monoisotopic (exact) mass is 458 g/mol. The minimum atomic E-state index is -0.732. The maximum atomic E-state index is 13.5. The molecule has 1 saturated heterocycles. The molecule has 1 aliphatic heterocycles. The van der Waals surface area contributed by atoms with E-state index in [4.69, 9.17) is 9.47 Å². The molecule has 0 spiro atoms. The molecule has 0 bridgehead atoms. The third-order valence-electron chi connectivity index (χ3n) is 5.90. The quantitative estimate of drug-likeness (QED) is 0.473. The van der Waals surface area contributed by atoms with Crippen LogP contribution < -0.4 is 20.7 Å². The number of imidazole rings is 1. The van der Waals surface area contributed by atoms with E-state index in [2.05, 4.69) is 19.9 Å². The zero-order valence-electron chi connectivity index (χ0n) is 18.6. The van der Waals surface area contributed by atoms with Gasteiger partial charge < -0.3 is 19.5 Å². The van der Waals surface area contributed by atoms with Gasteiger partial charge in [-0.15, -0.1) is 0 Å². The van der Waals surface area contributed by atoms with Crippen LogP contribution in [0.2, 0.25) is 0 Å². The number of benzene rings is 1. The van der Waals surface area contributed by atoms with Gasteiger partial charge in [0.1, 0.15) is 17.8 Å². The minimum Gasteiger partial charge on any atom is -0.497 e. The third kappa shape index (κ3) is 4.34. The molecule has 0 unspecified atom stereocenters. The van der Waals surface area contributed by atoms with Crippen molar-refractivity contribution in [1.82, 2.24) is 29.3 Å². The lowest BCUT2D eigenvalue weighted by atomic mass is 10.0. The Bertz CT molecular complexity index is 1280. The molecule has 2 aromatic heterocycles. The normalized spacial score (nSPS) is 17.3. The number of nitrogens with zero attached hydrogens (tertiary/aromatic N) is 4. The summed E-state index contributed by atoms with van der Waals surface area (Å²) in [4.78, 5) is 49.4. The highest BCUT2D eigenvalue weighted by Crippen LogP contribution is 2.34. The van der Waals surface area contributed by atoms with Gasteiger partial charge in [-0.3, -0.25) is 19.7 Å². The molecule has 3 N–H and O–H groups in total.